The largest absolute Gasteiger partial charge is 0.339 e. The number of rotatable bonds is 4. The van der Waals surface area contributed by atoms with E-state index in [1.54, 1.807) is 24.1 Å². The molecule has 0 bridgehead atoms. The molecule has 1 aromatic rings. The molecule has 0 radical (unpaired) electrons. The second-order valence-electron chi connectivity index (χ2n) is 4.91. The maximum atomic E-state index is 12.2. The van der Waals surface area contributed by atoms with E-state index in [1.807, 2.05) is 0 Å². The van der Waals surface area contributed by atoms with E-state index in [0.29, 0.717) is 24.1 Å². The van der Waals surface area contributed by atoms with E-state index in [4.69, 9.17) is 5.84 Å². The summed E-state index contributed by atoms with van der Waals surface area (Å²) in [5, 5.41) is 7.67. The summed E-state index contributed by atoms with van der Waals surface area (Å²) < 4.78 is 0. The Hall–Kier alpha value is -1.73. The average Bonchev–Trinajstić information content (AvgIpc) is 2.83. The number of aromatic nitrogens is 2. The van der Waals surface area contributed by atoms with Gasteiger partial charge in [-0.15, -0.1) is 10.2 Å². The first-order chi connectivity index (χ1) is 9.11. The molecule has 1 amide bonds. The summed E-state index contributed by atoms with van der Waals surface area (Å²) in [4.78, 5) is 16.2. The van der Waals surface area contributed by atoms with Crippen LogP contribution in [0.5, 0.6) is 0 Å². The van der Waals surface area contributed by atoms with Gasteiger partial charge in [0.1, 0.15) is 0 Å². The fourth-order valence-corrected chi connectivity index (χ4v) is 2.33. The number of likely N-dealkylation sites (tertiary alicyclic amines) is 1. The number of amides is 1. The molecule has 1 aliphatic heterocycles. The van der Waals surface area contributed by atoms with Gasteiger partial charge in [0.25, 0.3) is 5.91 Å². The van der Waals surface area contributed by atoms with E-state index in [9.17, 15) is 4.79 Å². The van der Waals surface area contributed by atoms with Crippen LogP contribution in [0.4, 0.5) is 5.82 Å². The summed E-state index contributed by atoms with van der Waals surface area (Å²) >= 11 is 0. The molecule has 104 valence electrons. The molecular weight excluding hydrogens is 244 g/mol. The van der Waals surface area contributed by atoms with E-state index in [1.165, 1.54) is 6.42 Å². The second kappa shape index (κ2) is 5.94. The van der Waals surface area contributed by atoms with Crippen LogP contribution in [0.1, 0.15) is 23.3 Å². The first kappa shape index (κ1) is 13.7. The van der Waals surface area contributed by atoms with Crippen LogP contribution in [0.2, 0.25) is 0 Å². The summed E-state index contributed by atoms with van der Waals surface area (Å²) in [5.41, 5.74) is 2.72. The van der Waals surface area contributed by atoms with Gasteiger partial charge in [0.05, 0.1) is 0 Å². The molecule has 3 N–H and O–H groups in total. The van der Waals surface area contributed by atoms with Crippen LogP contribution in [0.3, 0.4) is 0 Å². The van der Waals surface area contributed by atoms with Crippen molar-refractivity contribution in [3.8, 4) is 0 Å². The van der Waals surface area contributed by atoms with Crippen LogP contribution < -0.4 is 11.3 Å². The Morgan fingerprint density at radius 3 is 2.89 bits per heavy atom. The quantitative estimate of drug-likeness (QED) is 0.584. The zero-order valence-corrected chi connectivity index (χ0v) is 11.3. The lowest BCUT2D eigenvalue weighted by atomic mass is 10.2. The van der Waals surface area contributed by atoms with E-state index < -0.39 is 0 Å². The Labute approximate surface area is 112 Å². The minimum Gasteiger partial charge on any atom is -0.339 e. The number of anilines is 1. The molecule has 1 saturated heterocycles. The first-order valence-electron chi connectivity index (χ1n) is 6.38. The summed E-state index contributed by atoms with van der Waals surface area (Å²) in [6.45, 7) is 1.82. The Morgan fingerprint density at radius 1 is 1.58 bits per heavy atom. The smallest absolute Gasteiger partial charge is 0.274 e. The van der Waals surface area contributed by atoms with Crippen LogP contribution in [-0.2, 0) is 0 Å². The molecule has 2 rings (SSSR count). The molecule has 7 heteroatoms. The number of carbonyl (C=O) groups is 1. The van der Waals surface area contributed by atoms with E-state index >= 15 is 0 Å². The lowest BCUT2D eigenvalue weighted by molar-refractivity contribution is 0.0754. The van der Waals surface area contributed by atoms with Crippen molar-refractivity contribution in [3.05, 3.63) is 17.8 Å². The van der Waals surface area contributed by atoms with Crippen LogP contribution in [0, 0.1) is 0 Å². The van der Waals surface area contributed by atoms with Crippen LogP contribution in [-0.4, -0.2) is 59.1 Å². The zero-order chi connectivity index (χ0) is 13.8. The van der Waals surface area contributed by atoms with E-state index in [2.05, 4.69) is 27.6 Å². The number of likely N-dealkylation sites (N-methyl/N-ethyl adjacent to an activating group) is 2. The number of nitrogens with two attached hydrogens (primary N) is 1. The second-order valence-corrected chi connectivity index (χ2v) is 4.91. The van der Waals surface area contributed by atoms with Crippen molar-refractivity contribution >= 4 is 11.7 Å². The van der Waals surface area contributed by atoms with E-state index in [-0.39, 0.29) is 5.91 Å². The minimum atomic E-state index is -0.114. The highest BCUT2D eigenvalue weighted by atomic mass is 16.2. The Balaban J connectivity index is 1.97. The Bertz CT molecular complexity index is 434. The van der Waals surface area contributed by atoms with Crippen LogP contribution in [0.15, 0.2) is 12.1 Å². The molecule has 1 fully saturated rings. The summed E-state index contributed by atoms with van der Waals surface area (Å²) in [5.74, 6) is 5.53. The third-order valence-electron chi connectivity index (χ3n) is 3.53. The maximum Gasteiger partial charge on any atom is 0.274 e. The highest BCUT2D eigenvalue weighted by Crippen LogP contribution is 2.16. The Morgan fingerprint density at radius 2 is 2.37 bits per heavy atom. The van der Waals surface area contributed by atoms with Gasteiger partial charge < -0.3 is 15.2 Å². The Kier molecular flexibility index (Phi) is 4.28. The number of carbonyl (C=O) groups excluding carboxylic acids is 1. The molecule has 0 saturated carbocycles. The normalized spacial score (nSPS) is 19.4. The first-order valence-corrected chi connectivity index (χ1v) is 6.38. The number of hydrogen-bond donors (Lipinski definition) is 2. The fraction of sp³-hybridized carbons (Fsp3) is 0.583. The molecule has 1 unspecified atom stereocenters. The van der Waals surface area contributed by atoms with E-state index in [0.717, 1.165) is 13.0 Å². The molecule has 7 nitrogen and oxygen atoms in total. The number of hydrazine groups is 1. The monoisotopic (exact) mass is 264 g/mol. The predicted molar refractivity (Wildman–Crippen MR) is 72.5 cm³/mol. The number of nitrogen functional groups attached to an aromatic ring is 1. The number of nitrogens with zero attached hydrogens (tertiary/aromatic N) is 4. The molecule has 0 spiro atoms. The molecule has 1 aliphatic rings. The summed E-state index contributed by atoms with van der Waals surface area (Å²) in [7, 11) is 3.89. The molecular formula is C12H20N6O. The molecule has 0 aromatic carbocycles. The van der Waals surface area contributed by atoms with Crippen molar-refractivity contribution < 1.29 is 4.79 Å². The van der Waals surface area contributed by atoms with Gasteiger partial charge in [0.2, 0.25) is 0 Å². The summed E-state index contributed by atoms with van der Waals surface area (Å²) in [6, 6.07) is 3.70. The van der Waals surface area contributed by atoms with Crippen LogP contribution >= 0.6 is 0 Å². The summed E-state index contributed by atoms with van der Waals surface area (Å²) in [6.07, 6.45) is 2.33. The number of hydrogen-bond acceptors (Lipinski definition) is 6. The zero-order valence-electron chi connectivity index (χ0n) is 11.3. The molecule has 0 aliphatic carbocycles. The predicted octanol–water partition coefficient (Wildman–Crippen LogP) is -0.0716. The van der Waals surface area contributed by atoms with Gasteiger partial charge in [-0.05, 0) is 38.6 Å². The molecule has 1 atom stereocenters. The van der Waals surface area contributed by atoms with Crippen molar-refractivity contribution in [2.45, 2.75) is 18.9 Å². The standard InChI is InChI=1S/C12H20N6O/c1-17-7-3-4-9(17)8-18(2)12(19)10-5-6-11(14-13)16-15-10/h5-6,9H,3-4,7-8,13H2,1-2H3,(H,14,16). The van der Waals surface area contributed by atoms with Crippen molar-refractivity contribution in [2.24, 2.45) is 5.84 Å². The van der Waals surface area contributed by atoms with Crippen LogP contribution in [0.25, 0.3) is 0 Å². The third kappa shape index (κ3) is 3.18. The van der Waals surface area contributed by atoms with Gasteiger partial charge in [-0.2, -0.15) is 0 Å². The van der Waals surface area contributed by atoms with Crippen molar-refractivity contribution in [3.63, 3.8) is 0 Å². The van der Waals surface area contributed by atoms with Gasteiger partial charge in [0.15, 0.2) is 11.5 Å². The van der Waals surface area contributed by atoms with Gasteiger partial charge in [-0.1, -0.05) is 0 Å². The van der Waals surface area contributed by atoms with Gasteiger partial charge >= 0.3 is 0 Å². The van der Waals surface area contributed by atoms with Gasteiger partial charge in [0, 0.05) is 19.6 Å². The third-order valence-corrected chi connectivity index (χ3v) is 3.53. The van der Waals surface area contributed by atoms with Crippen molar-refractivity contribution in [1.29, 1.82) is 0 Å². The lowest BCUT2D eigenvalue weighted by Gasteiger charge is -2.25. The van der Waals surface area contributed by atoms with Gasteiger partial charge in [-0.3, -0.25) is 4.79 Å². The minimum absolute atomic E-state index is 0.114. The molecule has 2 heterocycles. The SMILES string of the molecule is CN(CC1CCCN1C)C(=O)c1ccc(NN)nn1. The highest BCUT2D eigenvalue weighted by Gasteiger charge is 2.24. The number of nitrogens with one attached hydrogen (secondary N) is 1. The maximum absolute atomic E-state index is 12.2. The fourth-order valence-electron chi connectivity index (χ4n) is 2.33. The lowest BCUT2D eigenvalue weighted by Crippen LogP contribution is -2.39. The topological polar surface area (TPSA) is 87.4 Å². The average molecular weight is 264 g/mol. The molecule has 1 aromatic heterocycles. The van der Waals surface area contributed by atoms with Crippen molar-refractivity contribution in [1.82, 2.24) is 20.0 Å². The highest BCUT2D eigenvalue weighted by molar-refractivity contribution is 5.92. The molecule has 19 heavy (non-hydrogen) atoms. The van der Waals surface area contributed by atoms with Gasteiger partial charge in [-0.25, -0.2) is 5.84 Å². The van der Waals surface area contributed by atoms with Crippen molar-refractivity contribution in [2.75, 3.05) is 32.6 Å².